The molecule has 1 aromatic rings. The van der Waals surface area contributed by atoms with Gasteiger partial charge in [0.2, 0.25) is 0 Å². The summed E-state index contributed by atoms with van der Waals surface area (Å²) in [7, 11) is 0. The van der Waals surface area contributed by atoms with Gasteiger partial charge in [-0.15, -0.1) is 0 Å². The maximum absolute atomic E-state index is 6.13. The van der Waals surface area contributed by atoms with Gasteiger partial charge in [0, 0.05) is 12.6 Å². The summed E-state index contributed by atoms with van der Waals surface area (Å²) >= 11 is 12.1. The summed E-state index contributed by atoms with van der Waals surface area (Å²) in [5.74, 6) is 0. The van der Waals surface area contributed by atoms with Crippen molar-refractivity contribution in [1.82, 2.24) is 4.90 Å². The van der Waals surface area contributed by atoms with Crippen molar-refractivity contribution in [2.24, 2.45) is 11.1 Å². The van der Waals surface area contributed by atoms with Gasteiger partial charge >= 0.3 is 0 Å². The molecule has 2 N–H and O–H groups in total. The Morgan fingerprint density at radius 3 is 2.40 bits per heavy atom. The molecule has 1 saturated heterocycles. The van der Waals surface area contributed by atoms with Gasteiger partial charge in [0.1, 0.15) is 0 Å². The van der Waals surface area contributed by atoms with E-state index >= 15 is 0 Å². The van der Waals surface area contributed by atoms with Gasteiger partial charge < -0.3 is 5.73 Å². The lowest BCUT2D eigenvalue weighted by atomic mass is 9.78. The average molecular weight is 315 g/mol. The zero-order chi connectivity index (χ0) is 14.8. The molecule has 4 heteroatoms. The Kier molecular flexibility index (Phi) is 5.36. The molecule has 2 rings (SSSR count). The molecular weight excluding hydrogens is 291 g/mol. The molecule has 1 atom stereocenters. The van der Waals surface area contributed by atoms with Crippen molar-refractivity contribution in [3.05, 3.63) is 33.8 Å². The third-order valence-corrected chi connectivity index (χ3v) is 5.59. The number of nitrogens with zero attached hydrogens (tertiary/aromatic N) is 1. The first-order valence-corrected chi connectivity index (χ1v) is 8.14. The summed E-state index contributed by atoms with van der Waals surface area (Å²) < 4.78 is 0. The number of nitrogens with two attached hydrogens (primary N) is 1. The molecule has 1 aliphatic rings. The topological polar surface area (TPSA) is 29.3 Å². The van der Waals surface area contributed by atoms with E-state index in [1.54, 1.807) is 0 Å². The fraction of sp³-hybridized carbons (Fsp3) is 0.625. The van der Waals surface area contributed by atoms with Crippen LogP contribution in [0.2, 0.25) is 10.0 Å². The molecule has 0 radical (unpaired) electrons. The zero-order valence-electron chi connectivity index (χ0n) is 12.3. The molecule has 1 unspecified atom stereocenters. The van der Waals surface area contributed by atoms with E-state index in [0.29, 0.717) is 22.0 Å². The third-order valence-electron chi connectivity index (χ3n) is 4.85. The highest BCUT2D eigenvalue weighted by molar-refractivity contribution is 6.42. The van der Waals surface area contributed by atoms with Gasteiger partial charge in [-0.05, 0) is 49.0 Å². The van der Waals surface area contributed by atoms with Crippen molar-refractivity contribution in [1.29, 1.82) is 0 Å². The normalized spacial score (nSPS) is 20.9. The van der Waals surface area contributed by atoms with Gasteiger partial charge in [-0.25, -0.2) is 0 Å². The maximum Gasteiger partial charge on any atom is 0.0595 e. The highest BCUT2D eigenvalue weighted by atomic mass is 35.5. The van der Waals surface area contributed by atoms with Crippen LogP contribution in [0, 0.1) is 5.41 Å². The molecule has 0 spiro atoms. The largest absolute Gasteiger partial charge is 0.329 e. The highest BCUT2D eigenvalue weighted by Crippen LogP contribution is 2.37. The first kappa shape index (κ1) is 16.1. The van der Waals surface area contributed by atoms with Crippen LogP contribution in [-0.4, -0.2) is 24.5 Å². The van der Waals surface area contributed by atoms with Gasteiger partial charge in [0.05, 0.1) is 10.0 Å². The SMILES string of the molecule is CCC1(C)CCN(C(CN)c2ccc(Cl)c(Cl)c2)CC1. The molecular formula is C16H24Cl2N2. The minimum Gasteiger partial charge on any atom is -0.329 e. The van der Waals surface area contributed by atoms with Gasteiger partial charge in [-0.3, -0.25) is 4.90 Å². The first-order chi connectivity index (χ1) is 9.49. The van der Waals surface area contributed by atoms with Crippen LogP contribution in [-0.2, 0) is 0 Å². The van der Waals surface area contributed by atoms with E-state index in [1.165, 1.54) is 24.8 Å². The summed E-state index contributed by atoms with van der Waals surface area (Å²) in [6.45, 7) is 7.50. The number of likely N-dealkylation sites (tertiary alicyclic amines) is 1. The number of hydrogen-bond acceptors (Lipinski definition) is 2. The van der Waals surface area contributed by atoms with Gasteiger partial charge in [-0.2, -0.15) is 0 Å². The van der Waals surface area contributed by atoms with E-state index in [4.69, 9.17) is 28.9 Å². The highest BCUT2D eigenvalue weighted by Gasteiger charge is 2.31. The number of halogens is 2. The minimum absolute atomic E-state index is 0.242. The van der Waals surface area contributed by atoms with E-state index in [0.717, 1.165) is 13.1 Å². The fourth-order valence-electron chi connectivity index (χ4n) is 2.94. The molecule has 0 aliphatic carbocycles. The van der Waals surface area contributed by atoms with Gasteiger partial charge in [-0.1, -0.05) is 49.5 Å². The number of benzene rings is 1. The smallest absolute Gasteiger partial charge is 0.0595 e. The van der Waals surface area contributed by atoms with Gasteiger partial charge in [0.25, 0.3) is 0 Å². The minimum atomic E-state index is 0.242. The third kappa shape index (κ3) is 3.48. The Morgan fingerprint density at radius 2 is 1.90 bits per heavy atom. The Labute approximate surface area is 132 Å². The van der Waals surface area contributed by atoms with E-state index in [9.17, 15) is 0 Å². The number of rotatable bonds is 4. The molecule has 0 bridgehead atoms. The van der Waals surface area contributed by atoms with Crippen molar-refractivity contribution < 1.29 is 0 Å². The predicted octanol–water partition coefficient (Wildman–Crippen LogP) is 4.51. The second-order valence-electron chi connectivity index (χ2n) is 6.13. The van der Waals surface area contributed by atoms with Crippen LogP contribution < -0.4 is 5.73 Å². The van der Waals surface area contributed by atoms with Crippen molar-refractivity contribution in [2.75, 3.05) is 19.6 Å². The second kappa shape index (κ2) is 6.65. The molecule has 112 valence electrons. The molecule has 1 aromatic carbocycles. The van der Waals surface area contributed by atoms with Crippen LogP contribution in [0.15, 0.2) is 18.2 Å². The predicted molar refractivity (Wildman–Crippen MR) is 87.5 cm³/mol. The van der Waals surface area contributed by atoms with E-state index in [1.807, 2.05) is 18.2 Å². The lowest BCUT2D eigenvalue weighted by molar-refractivity contribution is 0.0829. The summed E-state index contributed by atoms with van der Waals surface area (Å²) in [4.78, 5) is 2.48. The van der Waals surface area contributed by atoms with Crippen molar-refractivity contribution in [3.8, 4) is 0 Å². The summed E-state index contributed by atoms with van der Waals surface area (Å²) in [5, 5.41) is 1.21. The van der Waals surface area contributed by atoms with Crippen molar-refractivity contribution in [2.45, 2.75) is 39.2 Å². The Bertz CT molecular complexity index is 454. The monoisotopic (exact) mass is 314 g/mol. The lowest BCUT2D eigenvalue weighted by Gasteiger charge is -2.42. The van der Waals surface area contributed by atoms with Crippen LogP contribution in [0.3, 0.4) is 0 Å². The van der Waals surface area contributed by atoms with Crippen LogP contribution in [0.1, 0.15) is 44.7 Å². The molecule has 1 aliphatic heterocycles. The number of piperidine rings is 1. The maximum atomic E-state index is 6.13. The summed E-state index contributed by atoms with van der Waals surface area (Å²) in [6, 6.07) is 6.10. The van der Waals surface area contributed by atoms with Gasteiger partial charge in [0.15, 0.2) is 0 Å². The van der Waals surface area contributed by atoms with Crippen LogP contribution >= 0.6 is 23.2 Å². The molecule has 1 heterocycles. The summed E-state index contributed by atoms with van der Waals surface area (Å²) in [6.07, 6.45) is 3.73. The van der Waals surface area contributed by atoms with E-state index in [2.05, 4.69) is 18.7 Å². The summed E-state index contributed by atoms with van der Waals surface area (Å²) in [5.41, 5.74) is 7.67. The second-order valence-corrected chi connectivity index (χ2v) is 6.94. The molecule has 0 amide bonds. The molecule has 0 saturated carbocycles. The van der Waals surface area contributed by atoms with E-state index < -0.39 is 0 Å². The molecule has 1 fully saturated rings. The van der Waals surface area contributed by atoms with Crippen molar-refractivity contribution in [3.63, 3.8) is 0 Å². The zero-order valence-corrected chi connectivity index (χ0v) is 13.8. The quantitative estimate of drug-likeness (QED) is 0.886. The Hall–Kier alpha value is -0.280. The molecule has 2 nitrogen and oxygen atoms in total. The fourth-order valence-corrected chi connectivity index (χ4v) is 3.25. The number of hydrogen-bond donors (Lipinski definition) is 1. The first-order valence-electron chi connectivity index (χ1n) is 7.38. The molecule has 0 aromatic heterocycles. The Balaban J connectivity index is 2.11. The Morgan fingerprint density at radius 1 is 1.25 bits per heavy atom. The van der Waals surface area contributed by atoms with Crippen molar-refractivity contribution >= 4 is 23.2 Å². The van der Waals surface area contributed by atoms with E-state index in [-0.39, 0.29) is 6.04 Å². The van der Waals surface area contributed by atoms with Crippen LogP contribution in [0.25, 0.3) is 0 Å². The lowest BCUT2D eigenvalue weighted by Crippen LogP contribution is -2.42. The van der Waals surface area contributed by atoms with Crippen LogP contribution in [0.5, 0.6) is 0 Å². The molecule has 20 heavy (non-hydrogen) atoms. The average Bonchev–Trinajstić information content (AvgIpc) is 2.46. The van der Waals surface area contributed by atoms with Crippen LogP contribution in [0.4, 0.5) is 0 Å². The standard InChI is InChI=1S/C16H24Cl2N2/c1-3-16(2)6-8-20(9-7-16)15(11-19)12-4-5-13(17)14(18)10-12/h4-5,10,15H,3,6-9,11,19H2,1-2H3.